The van der Waals surface area contributed by atoms with Crippen LogP contribution in [0.3, 0.4) is 0 Å². The van der Waals surface area contributed by atoms with Crippen LogP contribution in [0.2, 0.25) is 0 Å². The van der Waals surface area contributed by atoms with Crippen molar-refractivity contribution in [2.75, 3.05) is 0 Å². The van der Waals surface area contributed by atoms with E-state index < -0.39 is 0 Å². The van der Waals surface area contributed by atoms with E-state index in [1.54, 1.807) is 0 Å². The number of hydrogen-bond donors (Lipinski definition) is 0. The molecule has 0 radical (unpaired) electrons. The van der Waals surface area contributed by atoms with Gasteiger partial charge in [-0.2, -0.15) is 0 Å². The fourth-order valence-corrected chi connectivity index (χ4v) is 1.62. The van der Waals surface area contributed by atoms with Crippen molar-refractivity contribution >= 4 is 5.78 Å². The van der Waals surface area contributed by atoms with Crippen LogP contribution in [0, 0.1) is 11.8 Å². The van der Waals surface area contributed by atoms with Crippen LogP contribution in [0.15, 0.2) is 23.3 Å². The summed E-state index contributed by atoms with van der Waals surface area (Å²) in [5, 5.41) is 0. The number of hydrogen-bond acceptors (Lipinski definition) is 1. The van der Waals surface area contributed by atoms with Crippen molar-refractivity contribution in [3.8, 4) is 0 Å². The SMILES string of the molecule is CC=C(C(=O)C(=CC)C(C)C)C(C)C. The topological polar surface area (TPSA) is 17.1 Å². The van der Waals surface area contributed by atoms with Gasteiger partial charge in [0.15, 0.2) is 5.78 Å². The average Bonchev–Trinajstić information content (AvgIpc) is 2.04. The van der Waals surface area contributed by atoms with Gasteiger partial charge in [0.1, 0.15) is 0 Å². The minimum Gasteiger partial charge on any atom is -0.289 e. The van der Waals surface area contributed by atoms with Crippen molar-refractivity contribution in [2.24, 2.45) is 11.8 Å². The number of carbonyl (C=O) groups is 1. The van der Waals surface area contributed by atoms with Crippen molar-refractivity contribution in [1.29, 1.82) is 0 Å². The van der Waals surface area contributed by atoms with Crippen molar-refractivity contribution in [3.05, 3.63) is 23.3 Å². The number of Topliss-reactive ketones (excluding diaryl/α,β-unsaturated/α-hetero) is 1. The molecule has 0 N–H and O–H groups in total. The standard InChI is InChI=1S/C13H22O/c1-7-11(9(3)4)13(14)12(8-2)10(5)6/h7-10H,1-6H3. The highest BCUT2D eigenvalue weighted by Gasteiger charge is 2.18. The molecule has 0 amide bonds. The molecule has 0 heterocycles. The predicted molar refractivity (Wildman–Crippen MR) is 62.2 cm³/mol. The molecule has 0 rings (SSSR count). The Labute approximate surface area is 87.9 Å². The number of carbonyl (C=O) groups excluding carboxylic acids is 1. The second kappa shape index (κ2) is 5.79. The summed E-state index contributed by atoms with van der Waals surface area (Å²) in [6.45, 7) is 12.1. The third-order valence-corrected chi connectivity index (χ3v) is 2.39. The summed E-state index contributed by atoms with van der Waals surface area (Å²) >= 11 is 0. The molecule has 0 bridgehead atoms. The van der Waals surface area contributed by atoms with Gasteiger partial charge >= 0.3 is 0 Å². The van der Waals surface area contributed by atoms with Crippen molar-refractivity contribution in [3.63, 3.8) is 0 Å². The number of allylic oxidation sites excluding steroid dienone is 4. The Bertz CT molecular complexity index is 228. The maximum atomic E-state index is 12.1. The van der Waals surface area contributed by atoms with Gasteiger partial charge in [0, 0.05) is 0 Å². The minimum atomic E-state index is 0.208. The molecular weight excluding hydrogens is 172 g/mol. The molecule has 0 saturated heterocycles. The zero-order valence-corrected chi connectivity index (χ0v) is 10.2. The van der Waals surface area contributed by atoms with Gasteiger partial charge in [-0.05, 0) is 36.8 Å². The van der Waals surface area contributed by atoms with Crippen LogP contribution in [-0.2, 0) is 4.79 Å². The zero-order chi connectivity index (χ0) is 11.3. The fraction of sp³-hybridized carbons (Fsp3) is 0.615. The highest BCUT2D eigenvalue weighted by Crippen LogP contribution is 2.20. The van der Waals surface area contributed by atoms with Crippen molar-refractivity contribution < 1.29 is 4.79 Å². The van der Waals surface area contributed by atoms with E-state index in [-0.39, 0.29) is 5.78 Å². The van der Waals surface area contributed by atoms with Gasteiger partial charge in [-0.1, -0.05) is 39.8 Å². The quantitative estimate of drug-likeness (QED) is 0.623. The van der Waals surface area contributed by atoms with Gasteiger partial charge < -0.3 is 0 Å². The Balaban J connectivity index is 4.94. The average molecular weight is 194 g/mol. The summed E-state index contributed by atoms with van der Waals surface area (Å²) in [5.74, 6) is 0.822. The van der Waals surface area contributed by atoms with E-state index in [1.807, 2.05) is 26.0 Å². The van der Waals surface area contributed by atoms with Crippen molar-refractivity contribution in [1.82, 2.24) is 0 Å². The molecule has 80 valence electrons. The fourth-order valence-electron chi connectivity index (χ4n) is 1.62. The first kappa shape index (κ1) is 13.2. The Morgan fingerprint density at radius 2 is 1.14 bits per heavy atom. The molecule has 14 heavy (non-hydrogen) atoms. The minimum absolute atomic E-state index is 0.208. The van der Waals surface area contributed by atoms with Gasteiger partial charge in [0.25, 0.3) is 0 Å². The van der Waals surface area contributed by atoms with Gasteiger partial charge in [-0.3, -0.25) is 4.79 Å². The van der Waals surface area contributed by atoms with Crippen LogP contribution in [0.25, 0.3) is 0 Å². The lowest BCUT2D eigenvalue weighted by atomic mass is 9.89. The van der Waals surface area contributed by atoms with Crippen LogP contribution < -0.4 is 0 Å². The first-order valence-electron chi connectivity index (χ1n) is 5.32. The summed E-state index contributed by atoms with van der Waals surface area (Å²) in [6, 6.07) is 0. The largest absolute Gasteiger partial charge is 0.289 e. The van der Waals surface area contributed by atoms with Crippen LogP contribution in [0.4, 0.5) is 0 Å². The van der Waals surface area contributed by atoms with E-state index in [1.165, 1.54) is 0 Å². The van der Waals surface area contributed by atoms with Crippen molar-refractivity contribution in [2.45, 2.75) is 41.5 Å². The molecule has 0 saturated carbocycles. The van der Waals surface area contributed by atoms with E-state index in [9.17, 15) is 4.79 Å². The van der Waals surface area contributed by atoms with E-state index >= 15 is 0 Å². The summed E-state index contributed by atoms with van der Waals surface area (Å²) in [4.78, 5) is 12.1. The van der Waals surface area contributed by atoms with E-state index in [2.05, 4.69) is 27.7 Å². The molecule has 0 unspecified atom stereocenters. The van der Waals surface area contributed by atoms with E-state index in [0.717, 1.165) is 11.1 Å². The molecule has 0 spiro atoms. The molecule has 0 aliphatic carbocycles. The highest BCUT2D eigenvalue weighted by atomic mass is 16.1. The summed E-state index contributed by atoms with van der Waals surface area (Å²) < 4.78 is 0. The van der Waals surface area contributed by atoms with Crippen LogP contribution in [-0.4, -0.2) is 5.78 Å². The molecule has 1 nitrogen and oxygen atoms in total. The second-order valence-corrected chi connectivity index (χ2v) is 4.13. The molecule has 0 aromatic carbocycles. The summed E-state index contributed by atoms with van der Waals surface area (Å²) in [5.41, 5.74) is 1.85. The van der Waals surface area contributed by atoms with Gasteiger partial charge in [0.2, 0.25) is 0 Å². The first-order valence-corrected chi connectivity index (χ1v) is 5.32. The Morgan fingerprint density at radius 1 is 0.857 bits per heavy atom. The lowest BCUT2D eigenvalue weighted by Crippen LogP contribution is -2.14. The summed E-state index contributed by atoms with van der Waals surface area (Å²) in [7, 11) is 0. The third kappa shape index (κ3) is 3.13. The molecular formula is C13H22O. The smallest absolute Gasteiger partial charge is 0.184 e. The Kier molecular flexibility index (Phi) is 5.44. The second-order valence-electron chi connectivity index (χ2n) is 4.13. The van der Waals surface area contributed by atoms with Gasteiger partial charge in [-0.15, -0.1) is 0 Å². The van der Waals surface area contributed by atoms with Gasteiger partial charge in [0.05, 0.1) is 0 Å². The molecule has 1 heteroatoms. The number of rotatable bonds is 4. The predicted octanol–water partition coefficient (Wildman–Crippen LogP) is 3.76. The summed E-state index contributed by atoms with van der Waals surface area (Å²) in [6.07, 6.45) is 3.86. The first-order chi connectivity index (χ1) is 6.45. The van der Waals surface area contributed by atoms with Crippen LogP contribution in [0.1, 0.15) is 41.5 Å². The highest BCUT2D eigenvalue weighted by molar-refractivity contribution is 6.08. The maximum absolute atomic E-state index is 12.1. The molecule has 0 aromatic heterocycles. The van der Waals surface area contributed by atoms with Gasteiger partial charge in [-0.25, -0.2) is 0 Å². The van der Waals surface area contributed by atoms with E-state index in [4.69, 9.17) is 0 Å². The molecule has 0 aromatic rings. The third-order valence-electron chi connectivity index (χ3n) is 2.39. The molecule has 0 fully saturated rings. The zero-order valence-electron chi connectivity index (χ0n) is 10.2. The number of ketones is 1. The maximum Gasteiger partial charge on any atom is 0.184 e. The lowest BCUT2D eigenvalue weighted by Gasteiger charge is -2.14. The van der Waals surface area contributed by atoms with Crippen LogP contribution >= 0.6 is 0 Å². The lowest BCUT2D eigenvalue weighted by molar-refractivity contribution is -0.113. The molecule has 0 aliphatic rings. The normalized spacial score (nSPS) is 14.0. The Morgan fingerprint density at radius 3 is 1.29 bits per heavy atom. The van der Waals surface area contributed by atoms with Crippen LogP contribution in [0.5, 0.6) is 0 Å². The monoisotopic (exact) mass is 194 g/mol. The Hall–Kier alpha value is -0.850. The molecule has 0 atom stereocenters. The molecule has 0 aliphatic heterocycles. The van der Waals surface area contributed by atoms with E-state index in [0.29, 0.717) is 11.8 Å².